The molecule has 1 aliphatic rings. The van der Waals surface area contributed by atoms with Gasteiger partial charge in [0.1, 0.15) is 0 Å². The summed E-state index contributed by atoms with van der Waals surface area (Å²) in [6.07, 6.45) is 2.82. The molecule has 1 aliphatic carbocycles. The van der Waals surface area contributed by atoms with Crippen molar-refractivity contribution in [2.45, 2.75) is 38.3 Å². The number of nitrogens with zero attached hydrogens (tertiary/aromatic N) is 1. The maximum absolute atomic E-state index is 12.2. The molecule has 0 radical (unpaired) electrons. The molecule has 3 N–H and O–H groups in total. The predicted octanol–water partition coefficient (Wildman–Crippen LogP) is 2.04. The SMILES string of the molecule is CN(Cc1ccccc1Br)C(=O)CCNC(=O)C1CCC(N)C1. The van der Waals surface area contributed by atoms with Crippen LogP contribution in [0.15, 0.2) is 28.7 Å². The molecule has 0 bridgehead atoms. The van der Waals surface area contributed by atoms with Crippen LogP contribution >= 0.6 is 15.9 Å². The van der Waals surface area contributed by atoms with Crippen molar-refractivity contribution in [1.82, 2.24) is 10.2 Å². The van der Waals surface area contributed by atoms with Gasteiger partial charge in [-0.1, -0.05) is 34.1 Å². The first-order valence-electron chi connectivity index (χ1n) is 7.98. The Morgan fingerprint density at radius 3 is 2.74 bits per heavy atom. The Kier molecular flexibility index (Phi) is 6.59. The summed E-state index contributed by atoms with van der Waals surface area (Å²) in [5.41, 5.74) is 6.88. The highest BCUT2D eigenvalue weighted by Gasteiger charge is 2.27. The number of hydrogen-bond donors (Lipinski definition) is 2. The van der Waals surface area contributed by atoms with Gasteiger partial charge in [-0.2, -0.15) is 0 Å². The number of hydrogen-bond acceptors (Lipinski definition) is 3. The van der Waals surface area contributed by atoms with Gasteiger partial charge in [-0.3, -0.25) is 9.59 Å². The van der Waals surface area contributed by atoms with Crippen LogP contribution in [0.25, 0.3) is 0 Å². The van der Waals surface area contributed by atoms with Crippen LogP contribution in [-0.4, -0.2) is 36.3 Å². The van der Waals surface area contributed by atoms with Gasteiger partial charge in [0.25, 0.3) is 0 Å². The van der Waals surface area contributed by atoms with Crippen molar-refractivity contribution in [2.24, 2.45) is 11.7 Å². The lowest BCUT2D eigenvalue weighted by atomic mass is 10.1. The first-order chi connectivity index (χ1) is 11.0. The number of nitrogens with two attached hydrogens (primary N) is 1. The van der Waals surface area contributed by atoms with Crippen molar-refractivity contribution in [3.05, 3.63) is 34.3 Å². The minimum Gasteiger partial charge on any atom is -0.355 e. The number of benzene rings is 1. The van der Waals surface area contributed by atoms with Crippen molar-refractivity contribution in [1.29, 1.82) is 0 Å². The van der Waals surface area contributed by atoms with E-state index in [1.165, 1.54) is 0 Å². The molecular weight excluding hydrogens is 358 g/mol. The lowest BCUT2D eigenvalue weighted by Gasteiger charge is -2.18. The zero-order valence-electron chi connectivity index (χ0n) is 13.4. The van der Waals surface area contributed by atoms with Gasteiger partial charge in [0.15, 0.2) is 0 Å². The van der Waals surface area contributed by atoms with Crippen LogP contribution in [0.1, 0.15) is 31.2 Å². The number of halogens is 1. The molecule has 1 fully saturated rings. The van der Waals surface area contributed by atoms with Gasteiger partial charge in [0, 0.05) is 43.0 Å². The molecule has 0 aliphatic heterocycles. The van der Waals surface area contributed by atoms with E-state index >= 15 is 0 Å². The molecule has 126 valence electrons. The van der Waals surface area contributed by atoms with E-state index in [0.29, 0.717) is 19.5 Å². The van der Waals surface area contributed by atoms with Crippen molar-refractivity contribution < 1.29 is 9.59 Å². The number of rotatable bonds is 6. The molecule has 2 rings (SSSR count). The molecule has 2 unspecified atom stereocenters. The van der Waals surface area contributed by atoms with Gasteiger partial charge in [-0.15, -0.1) is 0 Å². The lowest BCUT2D eigenvalue weighted by Crippen LogP contribution is -2.34. The molecule has 0 spiro atoms. The highest BCUT2D eigenvalue weighted by Crippen LogP contribution is 2.24. The van der Waals surface area contributed by atoms with Crippen LogP contribution < -0.4 is 11.1 Å². The van der Waals surface area contributed by atoms with Crippen LogP contribution in [-0.2, 0) is 16.1 Å². The molecule has 2 amide bonds. The maximum Gasteiger partial charge on any atom is 0.224 e. The van der Waals surface area contributed by atoms with Gasteiger partial charge >= 0.3 is 0 Å². The van der Waals surface area contributed by atoms with Gasteiger partial charge < -0.3 is 16.0 Å². The quantitative estimate of drug-likeness (QED) is 0.791. The largest absolute Gasteiger partial charge is 0.355 e. The van der Waals surface area contributed by atoms with Crippen LogP contribution in [0.4, 0.5) is 0 Å². The van der Waals surface area contributed by atoms with Gasteiger partial charge in [0.2, 0.25) is 11.8 Å². The standard InChI is InChI=1S/C17H24BrN3O2/c1-21(11-13-4-2-3-5-15(13)18)16(22)8-9-20-17(23)12-6-7-14(19)10-12/h2-5,12,14H,6-11,19H2,1H3,(H,20,23). The van der Waals surface area contributed by atoms with E-state index in [9.17, 15) is 9.59 Å². The highest BCUT2D eigenvalue weighted by atomic mass is 79.9. The third-order valence-electron chi connectivity index (χ3n) is 4.27. The fraction of sp³-hybridized carbons (Fsp3) is 0.529. The Labute approximate surface area is 145 Å². The average molecular weight is 382 g/mol. The zero-order valence-corrected chi connectivity index (χ0v) is 15.0. The third kappa shape index (κ3) is 5.32. The Balaban J connectivity index is 1.72. The van der Waals surface area contributed by atoms with Gasteiger partial charge in [-0.05, 0) is 30.9 Å². The maximum atomic E-state index is 12.2. The summed E-state index contributed by atoms with van der Waals surface area (Å²) >= 11 is 3.48. The number of carbonyl (C=O) groups excluding carboxylic acids is 2. The van der Waals surface area contributed by atoms with E-state index in [1.54, 1.807) is 11.9 Å². The van der Waals surface area contributed by atoms with Crippen LogP contribution in [0.5, 0.6) is 0 Å². The molecule has 0 saturated heterocycles. The molecule has 2 atom stereocenters. The molecule has 5 nitrogen and oxygen atoms in total. The predicted molar refractivity (Wildman–Crippen MR) is 93.6 cm³/mol. The average Bonchev–Trinajstić information content (AvgIpc) is 2.96. The van der Waals surface area contributed by atoms with Crippen LogP contribution in [0.2, 0.25) is 0 Å². The summed E-state index contributed by atoms with van der Waals surface area (Å²) in [7, 11) is 1.78. The zero-order chi connectivity index (χ0) is 16.8. The fourth-order valence-corrected chi connectivity index (χ4v) is 3.26. The molecule has 23 heavy (non-hydrogen) atoms. The van der Waals surface area contributed by atoms with E-state index in [-0.39, 0.29) is 23.8 Å². The van der Waals surface area contributed by atoms with E-state index in [1.807, 2.05) is 24.3 Å². The molecule has 0 heterocycles. The van der Waals surface area contributed by atoms with Crippen molar-refractivity contribution >= 4 is 27.7 Å². The monoisotopic (exact) mass is 381 g/mol. The number of nitrogens with one attached hydrogen (secondary N) is 1. The van der Waals surface area contributed by atoms with E-state index < -0.39 is 0 Å². The number of amides is 2. The molecule has 1 saturated carbocycles. The molecule has 1 aromatic rings. The smallest absolute Gasteiger partial charge is 0.224 e. The minimum absolute atomic E-state index is 0.0121. The fourth-order valence-electron chi connectivity index (χ4n) is 2.85. The summed E-state index contributed by atoms with van der Waals surface area (Å²) in [4.78, 5) is 25.8. The Morgan fingerprint density at radius 2 is 2.09 bits per heavy atom. The van der Waals surface area contributed by atoms with Gasteiger partial charge in [0.05, 0.1) is 0 Å². The van der Waals surface area contributed by atoms with Gasteiger partial charge in [-0.25, -0.2) is 0 Å². The number of carbonyl (C=O) groups is 2. The van der Waals surface area contributed by atoms with E-state index in [0.717, 1.165) is 29.3 Å². The lowest BCUT2D eigenvalue weighted by molar-refractivity contribution is -0.130. The summed E-state index contributed by atoms with van der Waals surface area (Å²) in [5, 5.41) is 2.85. The van der Waals surface area contributed by atoms with Crippen molar-refractivity contribution in [3.63, 3.8) is 0 Å². The molecular formula is C17H24BrN3O2. The second-order valence-corrected chi connectivity index (χ2v) is 7.01. The normalized spacial score (nSPS) is 20.3. The van der Waals surface area contributed by atoms with Crippen LogP contribution in [0, 0.1) is 5.92 Å². The molecule has 1 aromatic carbocycles. The van der Waals surface area contributed by atoms with E-state index in [4.69, 9.17) is 5.73 Å². The second kappa shape index (κ2) is 8.45. The Hall–Kier alpha value is -1.40. The Bertz CT molecular complexity index is 565. The summed E-state index contributed by atoms with van der Waals surface area (Å²) in [6, 6.07) is 7.98. The van der Waals surface area contributed by atoms with Crippen molar-refractivity contribution in [3.8, 4) is 0 Å². The summed E-state index contributed by atoms with van der Waals surface area (Å²) < 4.78 is 0.991. The molecule has 6 heteroatoms. The minimum atomic E-state index is 0.0121. The van der Waals surface area contributed by atoms with Crippen molar-refractivity contribution in [2.75, 3.05) is 13.6 Å². The summed E-state index contributed by atoms with van der Waals surface area (Å²) in [6.45, 7) is 0.926. The second-order valence-electron chi connectivity index (χ2n) is 6.15. The molecule has 0 aromatic heterocycles. The first kappa shape index (κ1) is 17.9. The first-order valence-corrected chi connectivity index (χ1v) is 8.77. The van der Waals surface area contributed by atoms with E-state index in [2.05, 4.69) is 21.2 Å². The topological polar surface area (TPSA) is 75.4 Å². The summed E-state index contributed by atoms with van der Waals surface area (Å²) in [5.74, 6) is 0.0569. The Morgan fingerprint density at radius 1 is 1.35 bits per heavy atom. The highest BCUT2D eigenvalue weighted by molar-refractivity contribution is 9.10. The third-order valence-corrected chi connectivity index (χ3v) is 5.05. The van der Waals surface area contributed by atoms with Crippen LogP contribution in [0.3, 0.4) is 0 Å².